The number of anilines is 1. The summed E-state index contributed by atoms with van der Waals surface area (Å²) in [5.74, 6) is -0.186. The van der Waals surface area contributed by atoms with Gasteiger partial charge in [0.25, 0.3) is 5.91 Å². The highest BCUT2D eigenvalue weighted by atomic mass is 35.5. The van der Waals surface area contributed by atoms with E-state index >= 15 is 0 Å². The lowest BCUT2D eigenvalue weighted by Gasteiger charge is -2.34. The zero-order valence-corrected chi connectivity index (χ0v) is 15.4. The van der Waals surface area contributed by atoms with Crippen LogP contribution in [0.2, 0.25) is 10.0 Å². The molecule has 22 heavy (non-hydrogen) atoms. The predicted molar refractivity (Wildman–Crippen MR) is 96.3 cm³/mol. The lowest BCUT2D eigenvalue weighted by atomic mass is 9.89. The molecule has 0 heterocycles. The Morgan fingerprint density at radius 2 is 1.68 bits per heavy atom. The van der Waals surface area contributed by atoms with Crippen LogP contribution in [0.4, 0.5) is 5.69 Å². The SMILES string of the molecule is CCCNC(=O)c1c(NC(CC)(CC)CC)ccc(Cl)c1Cl. The number of rotatable bonds is 8. The van der Waals surface area contributed by atoms with Crippen LogP contribution < -0.4 is 10.6 Å². The Bertz CT molecular complexity index is 505. The Kier molecular flexibility index (Phi) is 7.51. The zero-order valence-electron chi connectivity index (χ0n) is 13.9. The fraction of sp³-hybridized carbons (Fsp3) is 0.588. The highest BCUT2D eigenvalue weighted by Crippen LogP contribution is 2.35. The van der Waals surface area contributed by atoms with E-state index in [-0.39, 0.29) is 11.4 Å². The Morgan fingerprint density at radius 1 is 1.09 bits per heavy atom. The van der Waals surface area contributed by atoms with Gasteiger partial charge >= 0.3 is 0 Å². The molecule has 0 saturated carbocycles. The van der Waals surface area contributed by atoms with E-state index in [1.54, 1.807) is 6.07 Å². The minimum Gasteiger partial charge on any atom is -0.379 e. The lowest BCUT2D eigenvalue weighted by Crippen LogP contribution is -2.37. The Labute approximate surface area is 143 Å². The maximum atomic E-state index is 12.5. The third-order valence-electron chi connectivity index (χ3n) is 4.29. The molecule has 0 fully saturated rings. The van der Waals surface area contributed by atoms with E-state index in [9.17, 15) is 4.79 Å². The summed E-state index contributed by atoms with van der Waals surface area (Å²) >= 11 is 12.4. The number of carbonyl (C=O) groups excluding carboxylic acids is 1. The molecule has 0 saturated heterocycles. The van der Waals surface area contributed by atoms with Gasteiger partial charge in [0.15, 0.2) is 0 Å². The first-order valence-electron chi connectivity index (χ1n) is 7.99. The van der Waals surface area contributed by atoms with Crippen LogP contribution in [0.1, 0.15) is 63.7 Å². The standard InChI is InChI=1S/C17H26Cl2N2O/c1-5-11-20-16(22)14-13(10-9-12(18)15(14)19)21-17(6-2,7-3)8-4/h9-10,21H,5-8,11H2,1-4H3,(H,20,22). The first-order chi connectivity index (χ1) is 10.4. The molecule has 2 N–H and O–H groups in total. The molecule has 0 aliphatic rings. The van der Waals surface area contributed by atoms with Gasteiger partial charge in [-0.2, -0.15) is 0 Å². The third kappa shape index (κ3) is 4.30. The molecular weight excluding hydrogens is 319 g/mol. The number of amides is 1. The highest BCUT2D eigenvalue weighted by Gasteiger charge is 2.27. The number of hydrogen-bond acceptors (Lipinski definition) is 2. The van der Waals surface area contributed by atoms with Crippen molar-refractivity contribution in [3.63, 3.8) is 0 Å². The number of halogens is 2. The monoisotopic (exact) mass is 344 g/mol. The lowest BCUT2D eigenvalue weighted by molar-refractivity contribution is 0.0954. The van der Waals surface area contributed by atoms with E-state index in [1.807, 2.05) is 13.0 Å². The van der Waals surface area contributed by atoms with Crippen LogP contribution in [-0.2, 0) is 0 Å². The van der Waals surface area contributed by atoms with Gasteiger partial charge < -0.3 is 10.6 Å². The number of nitrogens with one attached hydrogen (secondary N) is 2. The Balaban J connectivity index is 3.24. The van der Waals surface area contributed by atoms with Crippen molar-refractivity contribution in [2.75, 3.05) is 11.9 Å². The zero-order chi connectivity index (χ0) is 16.8. The molecule has 0 atom stereocenters. The van der Waals surface area contributed by atoms with Crippen LogP contribution in [-0.4, -0.2) is 18.0 Å². The van der Waals surface area contributed by atoms with Crippen molar-refractivity contribution in [1.29, 1.82) is 0 Å². The average molecular weight is 345 g/mol. The average Bonchev–Trinajstić information content (AvgIpc) is 2.54. The maximum absolute atomic E-state index is 12.5. The molecule has 0 bridgehead atoms. The summed E-state index contributed by atoms with van der Waals surface area (Å²) in [5.41, 5.74) is 1.13. The molecule has 0 aromatic heterocycles. The van der Waals surface area contributed by atoms with Crippen LogP contribution >= 0.6 is 23.2 Å². The molecule has 1 amide bonds. The van der Waals surface area contributed by atoms with Crippen LogP contribution in [0.25, 0.3) is 0 Å². The van der Waals surface area contributed by atoms with Gasteiger partial charge in [0.2, 0.25) is 0 Å². The predicted octanol–water partition coefficient (Wildman–Crippen LogP) is 5.51. The van der Waals surface area contributed by atoms with Gasteiger partial charge in [0.1, 0.15) is 0 Å². The van der Waals surface area contributed by atoms with Crippen molar-refractivity contribution in [2.45, 2.75) is 58.9 Å². The molecule has 1 aromatic carbocycles. The first-order valence-corrected chi connectivity index (χ1v) is 8.74. The van der Waals surface area contributed by atoms with Crippen LogP contribution in [0.15, 0.2) is 12.1 Å². The smallest absolute Gasteiger partial charge is 0.254 e. The van der Waals surface area contributed by atoms with E-state index in [0.717, 1.165) is 31.4 Å². The quantitative estimate of drug-likeness (QED) is 0.652. The second-order valence-corrected chi connectivity index (χ2v) is 6.29. The van der Waals surface area contributed by atoms with Gasteiger partial charge in [-0.25, -0.2) is 0 Å². The van der Waals surface area contributed by atoms with E-state index < -0.39 is 0 Å². The molecular formula is C17H26Cl2N2O. The highest BCUT2D eigenvalue weighted by molar-refractivity contribution is 6.44. The molecule has 0 aliphatic heterocycles. The van der Waals surface area contributed by atoms with Gasteiger partial charge in [-0.3, -0.25) is 4.79 Å². The fourth-order valence-electron chi connectivity index (χ4n) is 2.50. The van der Waals surface area contributed by atoms with Gasteiger partial charge in [0.05, 0.1) is 15.6 Å². The molecule has 0 aliphatic carbocycles. The van der Waals surface area contributed by atoms with Crippen molar-refractivity contribution in [1.82, 2.24) is 5.32 Å². The molecule has 0 unspecified atom stereocenters. The van der Waals surface area contributed by atoms with Gasteiger partial charge in [0, 0.05) is 17.8 Å². The normalized spacial score (nSPS) is 11.4. The van der Waals surface area contributed by atoms with E-state index in [2.05, 4.69) is 31.4 Å². The van der Waals surface area contributed by atoms with Gasteiger partial charge in [-0.05, 0) is 37.8 Å². The number of hydrogen-bond donors (Lipinski definition) is 2. The number of carbonyl (C=O) groups is 1. The van der Waals surface area contributed by atoms with E-state index in [1.165, 1.54) is 0 Å². The summed E-state index contributed by atoms with van der Waals surface area (Å²) in [4.78, 5) is 12.5. The third-order valence-corrected chi connectivity index (χ3v) is 5.09. The Hall–Kier alpha value is -0.930. The van der Waals surface area contributed by atoms with Crippen molar-refractivity contribution in [3.8, 4) is 0 Å². The summed E-state index contributed by atoms with van der Waals surface area (Å²) in [5, 5.41) is 7.10. The topological polar surface area (TPSA) is 41.1 Å². The fourth-order valence-corrected chi connectivity index (χ4v) is 2.91. The summed E-state index contributed by atoms with van der Waals surface area (Å²) in [6.07, 6.45) is 3.78. The second-order valence-electron chi connectivity index (χ2n) is 5.51. The van der Waals surface area contributed by atoms with Gasteiger partial charge in [-0.1, -0.05) is 50.9 Å². The molecule has 0 radical (unpaired) electrons. The Morgan fingerprint density at radius 3 is 2.18 bits per heavy atom. The minimum absolute atomic E-state index is 0.0447. The number of benzene rings is 1. The van der Waals surface area contributed by atoms with Crippen molar-refractivity contribution >= 4 is 34.8 Å². The summed E-state index contributed by atoms with van der Waals surface area (Å²) in [7, 11) is 0. The van der Waals surface area contributed by atoms with Crippen LogP contribution in [0.5, 0.6) is 0 Å². The minimum atomic E-state index is -0.186. The molecule has 1 rings (SSSR count). The summed E-state index contributed by atoms with van der Waals surface area (Å²) in [6.45, 7) is 9.06. The van der Waals surface area contributed by atoms with Crippen molar-refractivity contribution in [2.24, 2.45) is 0 Å². The van der Waals surface area contributed by atoms with Crippen molar-refractivity contribution in [3.05, 3.63) is 27.7 Å². The molecule has 124 valence electrons. The molecule has 1 aromatic rings. The van der Waals surface area contributed by atoms with Crippen molar-refractivity contribution < 1.29 is 4.79 Å². The largest absolute Gasteiger partial charge is 0.379 e. The summed E-state index contributed by atoms with van der Waals surface area (Å²) in [6, 6.07) is 3.57. The van der Waals surface area contributed by atoms with Gasteiger partial charge in [-0.15, -0.1) is 0 Å². The molecule has 5 heteroatoms. The van der Waals surface area contributed by atoms with Crippen LogP contribution in [0, 0.1) is 0 Å². The summed E-state index contributed by atoms with van der Waals surface area (Å²) < 4.78 is 0. The maximum Gasteiger partial charge on any atom is 0.254 e. The molecule has 0 spiro atoms. The second kappa shape index (κ2) is 8.64. The molecule has 3 nitrogen and oxygen atoms in total. The van der Waals surface area contributed by atoms with E-state index in [4.69, 9.17) is 23.2 Å². The van der Waals surface area contributed by atoms with Crippen LogP contribution in [0.3, 0.4) is 0 Å². The first kappa shape index (κ1) is 19.1. The van der Waals surface area contributed by atoms with E-state index in [0.29, 0.717) is 22.2 Å².